The minimum atomic E-state index is -0.789. The van der Waals surface area contributed by atoms with Crippen molar-refractivity contribution >= 4 is 23.5 Å². The summed E-state index contributed by atoms with van der Waals surface area (Å²) >= 11 is 0. The van der Waals surface area contributed by atoms with Crippen LogP contribution in [0.1, 0.15) is 45.2 Å². The number of hydrogen-bond acceptors (Lipinski definition) is 6. The molecule has 0 saturated heterocycles. The fraction of sp³-hybridized carbons (Fsp3) is 0.318. The number of nitrogens with one attached hydrogen (secondary N) is 1. The summed E-state index contributed by atoms with van der Waals surface area (Å²) in [4.78, 5) is 36.7. The maximum atomic E-state index is 12.9. The van der Waals surface area contributed by atoms with Gasteiger partial charge < -0.3 is 19.5 Å². The Hall–Kier alpha value is -3.35. The van der Waals surface area contributed by atoms with Gasteiger partial charge in [-0.05, 0) is 55.7 Å². The van der Waals surface area contributed by atoms with E-state index >= 15 is 0 Å². The van der Waals surface area contributed by atoms with E-state index < -0.39 is 23.9 Å². The van der Waals surface area contributed by atoms with Crippen LogP contribution in [0.2, 0.25) is 0 Å². The number of carbonyl (C=O) groups excluding carboxylic acids is 3. The minimum Gasteiger partial charge on any atom is -0.480 e. The van der Waals surface area contributed by atoms with Gasteiger partial charge in [0.25, 0.3) is 5.91 Å². The van der Waals surface area contributed by atoms with Gasteiger partial charge >= 0.3 is 11.9 Å². The third-order valence-electron chi connectivity index (χ3n) is 4.38. The van der Waals surface area contributed by atoms with Crippen molar-refractivity contribution in [3.8, 4) is 5.75 Å². The summed E-state index contributed by atoms with van der Waals surface area (Å²) in [6.07, 6.45) is -0.383. The third kappa shape index (κ3) is 5.34. The fourth-order valence-electron chi connectivity index (χ4n) is 2.70. The van der Waals surface area contributed by atoms with Crippen LogP contribution in [0, 0.1) is 13.8 Å². The standard InChI is InChI=1S/C22H25NO6/c1-6-18(29-19-11-13(2)7-8-14(19)3)20(24)23-17-12-15(21(25)27-4)9-10-16(17)22(26)28-5/h7-12,18H,6H2,1-5H3,(H,23,24). The Morgan fingerprint density at radius 3 is 2.28 bits per heavy atom. The number of ether oxygens (including phenoxy) is 3. The van der Waals surface area contributed by atoms with Gasteiger partial charge in [0.15, 0.2) is 6.10 Å². The topological polar surface area (TPSA) is 90.9 Å². The summed E-state index contributed by atoms with van der Waals surface area (Å²) in [5, 5.41) is 2.68. The number of carbonyl (C=O) groups is 3. The number of hydrogen-bond donors (Lipinski definition) is 1. The quantitative estimate of drug-likeness (QED) is 0.715. The summed E-state index contributed by atoms with van der Waals surface area (Å²) in [7, 11) is 2.49. The molecule has 2 rings (SSSR count). The number of esters is 2. The fourth-order valence-corrected chi connectivity index (χ4v) is 2.70. The molecule has 1 atom stereocenters. The summed E-state index contributed by atoms with van der Waals surface area (Å²) in [6.45, 7) is 5.66. The Balaban J connectivity index is 2.31. The number of aryl methyl sites for hydroxylation is 2. The summed E-state index contributed by atoms with van der Waals surface area (Å²) in [5.41, 5.74) is 2.38. The molecule has 7 heteroatoms. The molecule has 0 spiro atoms. The highest BCUT2D eigenvalue weighted by atomic mass is 16.5. The van der Waals surface area contributed by atoms with Crippen LogP contribution in [0.3, 0.4) is 0 Å². The zero-order valence-electron chi connectivity index (χ0n) is 17.2. The first kappa shape index (κ1) is 21.9. The number of methoxy groups -OCH3 is 2. The molecule has 2 aromatic rings. The Bertz CT molecular complexity index is 922. The zero-order chi connectivity index (χ0) is 21.6. The lowest BCUT2D eigenvalue weighted by atomic mass is 10.1. The Kier molecular flexibility index (Phi) is 7.36. The molecule has 7 nitrogen and oxygen atoms in total. The van der Waals surface area contributed by atoms with Gasteiger partial charge in [0.05, 0.1) is 31.0 Å². The van der Waals surface area contributed by atoms with Gasteiger partial charge in [-0.25, -0.2) is 9.59 Å². The van der Waals surface area contributed by atoms with E-state index in [1.165, 1.54) is 32.4 Å². The van der Waals surface area contributed by atoms with Crippen molar-refractivity contribution in [2.24, 2.45) is 0 Å². The summed E-state index contributed by atoms with van der Waals surface area (Å²) in [5.74, 6) is -1.06. The molecule has 0 aromatic heterocycles. The van der Waals surface area contributed by atoms with E-state index in [9.17, 15) is 14.4 Å². The van der Waals surface area contributed by atoms with E-state index in [4.69, 9.17) is 14.2 Å². The van der Waals surface area contributed by atoms with Gasteiger partial charge in [-0.2, -0.15) is 0 Å². The predicted molar refractivity (Wildman–Crippen MR) is 108 cm³/mol. The van der Waals surface area contributed by atoms with Crippen molar-refractivity contribution in [2.45, 2.75) is 33.3 Å². The van der Waals surface area contributed by atoms with Gasteiger partial charge in [0.2, 0.25) is 0 Å². The lowest BCUT2D eigenvalue weighted by molar-refractivity contribution is -0.122. The van der Waals surface area contributed by atoms with E-state index in [1.54, 1.807) is 0 Å². The molecule has 1 N–H and O–H groups in total. The van der Waals surface area contributed by atoms with Crippen LogP contribution in [-0.2, 0) is 14.3 Å². The summed E-state index contributed by atoms with van der Waals surface area (Å²) in [6, 6.07) is 9.95. The lowest BCUT2D eigenvalue weighted by Crippen LogP contribution is -2.33. The second-order valence-corrected chi connectivity index (χ2v) is 6.52. The van der Waals surface area contributed by atoms with Gasteiger partial charge in [-0.15, -0.1) is 0 Å². The molecule has 0 heterocycles. The average molecular weight is 399 g/mol. The zero-order valence-corrected chi connectivity index (χ0v) is 17.2. The molecule has 1 unspecified atom stereocenters. The van der Waals surface area contributed by atoms with Crippen molar-refractivity contribution in [3.05, 3.63) is 58.7 Å². The Morgan fingerprint density at radius 1 is 0.966 bits per heavy atom. The van der Waals surface area contributed by atoms with Gasteiger partial charge in [-0.1, -0.05) is 19.1 Å². The van der Waals surface area contributed by atoms with Crippen LogP contribution in [0.25, 0.3) is 0 Å². The van der Waals surface area contributed by atoms with Crippen molar-refractivity contribution < 1.29 is 28.6 Å². The van der Waals surface area contributed by atoms with Crippen LogP contribution in [0.4, 0.5) is 5.69 Å². The molecule has 154 valence electrons. The maximum absolute atomic E-state index is 12.9. The van der Waals surface area contributed by atoms with E-state index in [1.807, 2.05) is 39.0 Å². The molecule has 0 radical (unpaired) electrons. The third-order valence-corrected chi connectivity index (χ3v) is 4.38. The monoisotopic (exact) mass is 399 g/mol. The average Bonchev–Trinajstić information content (AvgIpc) is 2.72. The lowest BCUT2D eigenvalue weighted by Gasteiger charge is -2.20. The van der Waals surface area contributed by atoms with Crippen LogP contribution < -0.4 is 10.1 Å². The van der Waals surface area contributed by atoms with Gasteiger partial charge in [0.1, 0.15) is 5.75 Å². The molecule has 2 aromatic carbocycles. The largest absolute Gasteiger partial charge is 0.480 e. The molecular formula is C22H25NO6. The molecule has 0 fully saturated rings. The van der Waals surface area contributed by atoms with Crippen LogP contribution in [0.15, 0.2) is 36.4 Å². The van der Waals surface area contributed by atoms with E-state index in [0.717, 1.165) is 11.1 Å². The van der Waals surface area contributed by atoms with E-state index in [2.05, 4.69) is 5.32 Å². The Morgan fingerprint density at radius 2 is 1.66 bits per heavy atom. The first-order chi connectivity index (χ1) is 13.8. The molecule has 0 saturated carbocycles. The van der Waals surface area contributed by atoms with Crippen molar-refractivity contribution in [2.75, 3.05) is 19.5 Å². The first-order valence-electron chi connectivity index (χ1n) is 9.16. The van der Waals surface area contributed by atoms with Crippen molar-refractivity contribution in [1.82, 2.24) is 0 Å². The number of benzene rings is 2. The van der Waals surface area contributed by atoms with E-state index in [0.29, 0.717) is 12.2 Å². The van der Waals surface area contributed by atoms with Crippen LogP contribution in [-0.4, -0.2) is 38.2 Å². The van der Waals surface area contributed by atoms with Crippen LogP contribution >= 0.6 is 0 Å². The van der Waals surface area contributed by atoms with E-state index in [-0.39, 0.29) is 16.8 Å². The number of rotatable bonds is 7. The highest BCUT2D eigenvalue weighted by Crippen LogP contribution is 2.23. The second-order valence-electron chi connectivity index (χ2n) is 6.52. The SMILES string of the molecule is CCC(Oc1cc(C)ccc1C)C(=O)Nc1cc(C(=O)OC)ccc1C(=O)OC. The number of amides is 1. The smallest absolute Gasteiger partial charge is 0.339 e. The Labute approximate surface area is 170 Å². The number of anilines is 1. The summed E-state index contributed by atoms with van der Waals surface area (Å²) < 4.78 is 15.4. The minimum absolute atomic E-state index is 0.120. The molecule has 0 aliphatic heterocycles. The van der Waals surface area contributed by atoms with Gasteiger partial charge in [0, 0.05) is 0 Å². The second kappa shape index (κ2) is 9.73. The molecule has 0 aliphatic carbocycles. The molecule has 0 bridgehead atoms. The predicted octanol–water partition coefficient (Wildman–Crippen LogP) is 3.67. The highest BCUT2D eigenvalue weighted by molar-refractivity contribution is 6.04. The maximum Gasteiger partial charge on any atom is 0.339 e. The molecule has 29 heavy (non-hydrogen) atoms. The molecule has 0 aliphatic rings. The van der Waals surface area contributed by atoms with Crippen molar-refractivity contribution in [1.29, 1.82) is 0 Å². The van der Waals surface area contributed by atoms with Crippen molar-refractivity contribution in [3.63, 3.8) is 0 Å². The first-order valence-corrected chi connectivity index (χ1v) is 9.16. The van der Waals surface area contributed by atoms with Crippen LogP contribution in [0.5, 0.6) is 5.75 Å². The normalized spacial score (nSPS) is 11.3. The van der Waals surface area contributed by atoms with Gasteiger partial charge in [-0.3, -0.25) is 4.79 Å². The molecule has 1 amide bonds. The highest BCUT2D eigenvalue weighted by Gasteiger charge is 2.23. The molecular weight excluding hydrogens is 374 g/mol.